The number of pyridine rings is 1. The van der Waals surface area contributed by atoms with Gasteiger partial charge in [-0.15, -0.1) is 0 Å². The highest BCUT2D eigenvalue weighted by Crippen LogP contribution is 2.18. The summed E-state index contributed by atoms with van der Waals surface area (Å²) >= 11 is 0. The molecule has 0 unspecified atom stereocenters. The van der Waals surface area contributed by atoms with Gasteiger partial charge in [-0.1, -0.05) is 12.8 Å². The number of nitrogen functional groups attached to an aromatic ring is 1. The fourth-order valence-electron chi connectivity index (χ4n) is 2.00. The Balaban J connectivity index is 1.85. The average molecular weight is 191 g/mol. The van der Waals surface area contributed by atoms with E-state index < -0.39 is 0 Å². The number of hydrogen-bond donors (Lipinski definition) is 2. The molecule has 0 amide bonds. The summed E-state index contributed by atoms with van der Waals surface area (Å²) in [7, 11) is 0. The van der Waals surface area contributed by atoms with Crippen LogP contribution in [-0.2, 0) is 6.54 Å². The molecule has 1 saturated carbocycles. The monoisotopic (exact) mass is 191 g/mol. The van der Waals surface area contributed by atoms with Gasteiger partial charge in [0.25, 0.3) is 0 Å². The van der Waals surface area contributed by atoms with Crippen molar-refractivity contribution in [1.29, 1.82) is 0 Å². The zero-order valence-electron chi connectivity index (χ0n) is 8.37. The second kappa shape index (κ2) is 4.42. The first-order valence-corrected chi connectivity index (χ1v) is 5.28. The number of rotatable bonds is 3. The van der Waals surface area contributed by atoms with Gasteiger partial charge in [0.2, 0.25) is 0 Å². The fraction of sp³-hybridized carbons (Fsp3) is 0.545. The van der Waals surface area contributed by atoms with Crippen LogP contribution in [0.25, 0.3) is 0 Å². The van der Waals surface area contributed by atoms with Gasteiger partial charge in [0, 0.05) is 18.8 Å². The van der Waals surface area contributed by atoms with E-state index in [1.54, 1.807) is 6.20 Å². The molecule has 2 rings (SSSR count). The molecule has 1 heterocycles. The summed E-state index contributed by atoms with van der Waals surface area (Å²) in [5.74, 6) is 0.607. The van der Waals surface area contributed by atoms with Crippen molar-refractivity contribution in [2.24, 2.45) is 0 Å². The second-order valence-corrected chi connectivity index (χ2v) is 3.95. The molecule has 1 aliphatic rings. The Hall–Kier alpha value is -1.09. The second-order valence-electron chi connectivity index (χ2n) is 3.95. The third-order valence-corrected chi connectivity index (χ3v) is 2.80. The number of anilines is 1. The summed E-state index contributed by atoms with van der Waals surface area (Å²) in [6.45, 7) is 0.914. The van der Waals surface area contributed by atoms with Gasteiger partial charge >= 0.3 is 0 Å². The Labute approximate surface area is 84.7 Å². The minimum atomic E-state index is 0.607. The third-order valence-electron chi connectivity index (χ3n) is 2.80. The first kappa shape index (κ1) is 9.46. The number of nitrogens with one attached hydrogen (secondary N) is 1. The van der Waals surface area contributed by atoms with E-state index in [2.05, 4.69) is 10.3 Å². The Morgan fingerprint density at radius 2 is 2.21 bits per heavy atom. The standard InChI is InChI=1S/C11H17N3/c12-11-7-9(5-6-13-11)8-14-10-3-1-2-4-10/h5-7,10,14H,1-4,8H2,(H2,12,13). The smallest absolute Gasteiger partial charge is 0.123 e. The van der Waals surface area contributed by atoms with Crippen LogP contribution in [0, 0.1) is 0 Å². The summed E-state index contributed by atoms with van der Waals surface area (Å²) < 4.78 is 0. The maximum Gasteiger partial charge on any atom is 0.123 e. The van der Waals surface area contributed by atoms with E-state index >= 15 is 0 Å². The Morgan fingerprint density at radius 1 is 1.43 bits per heavy atom. The maximum absolute atomic E-state index is 5.60. The highest BCUT2D eigenvalue weighted by atomic mass is 14.9. The predicted octanol–water partition coefficient (Wildman–Crippen LogP) is 1.70. The molecule has 3 N–H and O–H groups in total. The van der Waals surface area contributed by atoms with E-state index in [1.165, 1.54) is 31.2 Å². The van der Waals surface area contributed by atoms with Crippen LogP contribution in [0.2, 0.25) is 0 Å². The maximum atomic E-state index is 5.60. The molecule has 3 heteroatoms. The lowest BCUT2D eigenvalue weighted by Gasteiger charge is -2.11. The molecule has 0 spiro atoms. The molecule has 1 aromatic rings. The topological polar surface area (TPSA) is 50.9 Å². The molecule has 0 saturated heterocycles. The SMILES string of the molecule is Nc1cc(CNC2CCCC2)ccn1. The molecule has 14 heavy (non-hydrogen) atoms. The van der Waals surface area contributed by atoms with Crippen LogP contribution in [-0.4, -0.2) is 11.0 Å². The van der Waals surface area contributed by atoms with E-state index in [4.69, 9.17) is 5.73 Å². The van der Waals surface area contributed by atoms with Gasteiger partial charge in [-0.2, -0.15) is 0 Å². The molecule has 0 aromatic carbocycles. The van der Waals surface area contributed by atoms with Gasteiger partial charge in [0.1, 0.15) is 5.82 Å². The molecule has 76 valence electrons. The molecule has 1 aliphatic carbocycles. The zero-order chi connectivity index (χ0) is 9.80. The van der Waals surface area contributed by atoms with Crippen molar-refractivity contribution in [1.82, 2.24) is 10.3 Å². The average Bonchev–Trinajstić information content (AvgIpc) is 2.67. The number of aromatic nitrogens is 1. The van der Waals surface area contributed by atoms with Crippen LogP contribution in [0.4, 0.5) is 5.82 Å². The largest absolute Gasteiger partial charge is 0.384 e. The van der Waals surface area contributed by atoms with Crippen molar-refractivity contribution < 1.29 is 0 Å². The fourth-order valence-corrected chi connectivity index (χ4v) is 2.00. The van der Waals surface area contributed by atoms with Gasteiger partial charge in [-0.25, -0.2) is 4.98 Å². The highest BCUT2D eigenvalue weighted by Gasteiger charge is 2.13. The molecular weight excluding hydrogens is 174 g/mol. The van der Waals surface area contributed by atoms with Crippen LogP contribution in [0.3, 0.4) is 0 Å². The lowest BCUT2D eigenvalue weighted by Crippen LogP contribution is -2.25. The molecule has 0 aliphatic heterocycles. The van der Waals surface area contributed by atoms with Crippen LogP contribution < -0.4 is 11.1 Å². The van der Waals surface area contributed by atoms with Crippen molar-refractivity contribution in [3.63, 3.8) is 0 Å². The molecule has 0 bridgehead atoms. The van der Waals surface area contributed by atoms with Gasteiger partial charge in [0.15, 0.2) is 0 Å². The minimum Gasteiger partial charge on any atom is -0.384 e. The van der Waals surface area contributed by atoms with Crippen molar-refractivity contribution >= 4 is 5.82 Å². The normalized spacial score (nSPS) is 17.4. The highest BCUT2D eigenvalue weighted by molar-refractivity contribution is 5.31. The summed E-state index contributed by atoms with van der Waals surface area (Å²) in [4.78, 5) is 3.97. The van der Waals surface area contributed by atoms with Gasteiger partial charge < -0.3 is 11.1 Å². The quantitative estimate of drug-likeness (QED) is 0.764. The van der Waals surface area contributed by atoms with E-state index in [9.17, 15) is 0 Å². The summed E-state index contributed by atoms with van der Waals surface area (Å²) in [5.41, 5.74) is 6.83. The molecule has 0 radical (unpaired) electrons. The summed E-state index contributed by atoms with van der Waals surface area (Å²) in [6, 6.07) is 4.66. The lowest BCUT2D eigenvalue weighted by molar-refractivity contribution is 0.524. The van der Waals surface area contributed by atoms with E-state index in [0.717, 1.165) is 6.54 Å². The molecule has 3 nitrogen and oxygen atoms in total. The summed E-state index contributed by atoms with van der Waals surface area (Å²) in [6.07, 6.45) is 7.15. The Kier molecular flexibility index (Phi) is 2.99. The van der Waals surface area contributed by atoms with Crippen molar-refractivity contribution in [3.8, 4) is 0 Å². The van der Waals surface area contributed by atoms with Crippen LogP contribution in [0.1, 0.15) is 31.2 Å². The molecule has 1 fully saturated rings. The Bertz CT molecular complexity index is 292. The van der Waals surface area contributed by atoms with E-state index in [0.29, 0.717) is 11.9 Å². The Morgan fingerprint density at radius 3 is 2.93 bits per heavy atom. The van der Waals surface area contributed by atoms with E-state index in [-0.39, 0.29) is 0 Å². The van der Waals surface area contributed by atoms with E-state index in [1.807, 2.05) is 12.1 Å². The summed E-state index contributed by atoms with van der Waals surface area (Å²) in [5, 5.41) is 3.54. The zero-order valence-corrected chi connectivity index (χ0v) is 8.37. The van der Waals surface area contributed by atoms with Crippen LogP contribution >= 0.6 is 0 Å². The van der Waals surface area contributed by atoms with Crippen molar-refractivity contribution in [3.05, 3.63) is 23.9 Å². The first-order chi connectivity index (χ1) is 6.84. The number of hydrogen-bond acceptors (Lipinski definition) is 3. The molecular formula is C11H17N3. The van der Waals surface area contributed by atoms with Gasteiger partial charge in [-0.05, 0) is 30.5 Å². The van der Waals surface area contributed by atoms with Crippen molar-refractivity contribution in [2.45, 2.75) is 38.3 Å². The lowest BCUT2D eigenvalue weighted by atomic mass is 10.2. The minimum absolute atomic E-state index is 0.607. The molecule has 0 atom stereocenters. The predicted molar refractivity (Wildman–Crippen MR) is 57.7 cm³/mol. The van der Waals surface area contributed by atoms with Crippen molar-refractivity contribution in [2.75, 3.05) is 5.73 Å². The van der Waals surface area contributed by atoms with Crippen LogP contribution in [0.5, 0.6) is 0 Å². The van der Waals surface area contributed by atoms with Gasteiger partial charge in [-0.3, -0.25) is 0 Å². The van der Waals surface area contributed by atoms with Gasteiger partial charge in [0.05, 0.1) is 0 Å². The number of nitrogens with zero attached hydrogens (tertiary/aromatic N) is 1. The molecule has 1 aromatic heterocycles. The third kappa shape index (κ3) is 2.45. The first-order valence-electron chi connectivity index (χ1n) is 5.28. The number of nitrogens with two attached hydrogens (primary N) is 1. The van der Waals surface area contributed by atoms with Crippen LogP contribution in [0.15, 0.2) is 18.3 Å².